The molecular weight excluding hydrogens is 112 g/mol. The van der Waals surface area contributed by atoms with Crippen molar-refractivity contribution in [3.63, 3.8) is 0 Å². The van der Waals surface area contributed by atoms with Gasteiger partial charge in [-0.1, -0.05) is 0 Å². The Morgan fingerprint density at radius 1 is 0.889 bits per heavy atom. The van der Waals surface area contributed by atoms with E-state index in [1.165, 1.54) is 0 Å². The van der Waals surface area contributed by atoms with Gasteiger partial charge in [0.1, 0.15) is 11.2 Å². The Balaban J connectivity index is 0.000000186. The van der Waals surface area contributed by atoms with Gasteiger partial charge in [-0.05, 0) is 24.3 Å². The molecule has 46 valence electrons. The summed E-state index contributed by atoms with van der Waals surface area (Å²) in [4.78, 5) is 0. The van der Waals surface area contributed by atoms with Crippen LogP contribution in [0.5, 0.6) is 0 Å². The summed E-state index contributed by atoms with van der Waals surface area (Å²) < 4.78 is 5.08. The molecule has 9 heavy (non-hydrogen) atoms. The molecule has 0 aliphatic rings. The molecule has 0 spiro atoms. The maximum atomic E-state index is 5.08. The van der Waals surface area contributed by atoms with Crippen LogP contribution in [0.2, 0.25) is 0 Å². The summed E-state index contributed by atoms with van der Waals surface area (Å²) in [5.74, 6) is 0. The number of rotatable bonds is 0. The normalized spacial score (nSPS) is 8.89. The fourth-order valence-electron chi connectivity index (χ4n) is 0.712. The van der Waals surface area contributed by atoms with E-state index in [4.69, 9.17) is 4.42 Å². The molecule has 0 aliphatic heterocycles. The van der Waals surface area contributed by atoms with Crippen molar-refractivity contribution in [1.82, 2.24) is 0 Å². The Hall–Kier alpha value is -1.24. The van der Waals surface area contributed by atoms with E-state index < -0.39 is 0 Å². The predicted molar refractivity (Wildman–Crippen MR) is 38.7 cm³/mol. The molecule has 0 amide bonds. The van der Waals surface area contributed by atoms with Crippen LogP contribution in [0, 0.1) is 0 Å². The number of hydrogen-bond acceptors (Lipinski definition) is 1. The van der Waals surface area contributed by atoms with Crippen LogP contribution in [0.4, 0.5) is 0 Å². The monoisotopic (exact) mass is 120 g/mol. The van der Waals surface area contributed by atoms with Crippen LogP contribution in [0.15, 0.2) is 41.8 Å². The van der Waals surface area contributed by atoms with Gasteiger partial charge in [-0.15, -0.1) is 13.2 Å². The van der Waals surface area contributed by atoms with E-state index in [1.54, 1.807) is 0 Å². The van der Waals surface area contributed by atoms with Crippen LogP contribution in [0.25, 0.3) is 11.2 Å². The first kappa shape index (κ1) is 5.89. The predicted octanol–water partition coefficient (Wildman–Crippen LogP) is 2.67. The van der Waals surface area contributed by atoms with Gasteiger partial charge in [-0.2, -0.15) is 0 Å². The van der Waals surface area contributed by atoms with Crippen molar-refractivity contribution >= 4 is 11.2 Å². The highest BCUT2D eigenvalue weighted by Gasteiger charge is 1.91. The van der Waals surface area contributed by atoms with E-state index in [0.29, 0.717) is 0 Å². The van der Waals surface area contributed by atoms with Gasteiger partial charge in [0.25, 0.3) is 0 Å². The second-order valence-electron chi connectivity index (χ2n) is 1.57. The van der Waals surface area contributed by atoms with Gasteiger partial charge >= 0.3 is 0 Å². The first-order chi connectivity index (χ1) is 4.45. The van der Waals surface area contributed by atoms with E-state index in [0.717, 1.165) is 11.2 Å². The van der Waals surface area contributed by atoms with Crippen LogP contribution in [0.1, 0.15) is 0 Å². The number of hydrogen-bond donors (Lipinski definition) is 0. The van der Waals surface area contributed by atoms with E-state index in [1.807, 2.05) is 24.3 Å². The summed E-state index contributed by atoms with van der Waals surface area (Å²) in [5, 5.41) is 0. The van der Waals surface area contributed by atoms with Crippen molar-refractivity contribution in [2.24, 2.45) is 0 Å². The van der Waals surface area contributed by atoms with Crippen LogP contribution in [0.3, 0.4) is 0 Å². The molecule has 0 saturated carbocycles. The standard InChI is InChI=1S/C6H4O.C2H4/c1-2-6-4-3-5(1)7-6;1-2/h1-4H;1-2H2. The maximum Gasteiger partial charge on any atom is 0.127 e. The highest BCUT2D eigenvalue weighted by atomic mass is 16.3. The summed E-state index contributed by atoms with van der Waals surface area (Å²) in [6, 6.07) is 7.81. The van der Waals surface area contributed by atoms with Crippen LogP contribution in [-0.2, 0) is 0 Å². The number of fused-ring (bicyclic) bond motifs is 2. The average Bonchev–Trinajstić information content (AvgIpc) is 2.53. The molecule has 0 unspecified atom stereocenters. The molecule has 2 heterocycles. The van der Waals surface area contributed by atoms with Crippen molar-refractivity contribution in [3.05, 3.63) is 37.4 Å². The van der Waals surface area contributed by atoms with Gasteiger partial charge in [-0.25, -0.2) is 0 Å². The second-order valence-corrected chi connectivity index (χ2v) is 1.57. The van der Waals surface area contributed by atoms with Gasteiger partial charge in [0.2, 0.25) is 0 Å². The quantitative estimate of drug-likeness (QED) is 0.487. The zero-order valence-corrected chi connectivity index (χ0v) is 5.13. The third-order valence-electron chi connectivity index (χ3n) is 1.06. The van der Waals surface area contributed by atoms with Gasteiger partial charge < -0.3 is 4.42 Å². The van der Waals surface area contributed by atoms with Crippen LogP contribution >= 0.6 is 0 Å². The Kier molecular flexibility index (Phi) is 1.54. The summed E-state index contributed by atoms with van der Waals surface area (Å²) in [7, 11) is 0. The van der Waals surface area contributed by atoms with Crippen LogP contribution < -0.4 is 0 Å². The van der Waals surface area contributed by atoms with E-state index >= 15 is 0 Å². The summed E-state index contributed by atoms with van der Waals surface area (Å²) in [5.41, 5.74) is 1.94. The van der Waals surface area contributed by atoms with Crippen molar-refractivity contribution < 1.29 is 4.42 Å². The molecule has 1 nitrogen and oxygen atoms in total. The zero-order valence-electron chi connectivity index (χ0n) is 5.13. The first-order valence-corrected chi connectivity index (χ1v) is 2.73. The minimum absolute atomic E-state index is 0.968. The highest BCUT2D eigenvalue weighted by Crippen LogP contribution is 2.13. The number of furan rings is 2. The molecule has 2 aromatic rings. The minimum atomic E-state index is 0.968. The highest BCUT2D eigenvalue weighted by molar-refractivity contribution is 5.59. The lowest BCUT2D eigenvalue weighted by molar-refractivity contribution is 0.675. The molecule has 0 radical (unpaired) electrons. The van der Waals surface area contributed by atoms with Gasteiger partial charge in [-0.3, -0.25) is 0 Å². The van der Waals surface area contributed by atoms with E-state index in [-0.39, 0.29) is 0 Å². The largest absolute Gasteiger partial charge is 0.457 e. The molecule has 2 bridgehead atoms. The molecule has 0 aromatic carbocycles. The molecule has 0 saturated heterocycles. The fourth-order valence-corrected chi connectivity index (χ4v) is 0.712. The molecule has 1 heteroatoms. The third-order valence-corrected chi connectivity index (χ3v) is 1.06. The first-order valence-electron chi connectivity index (χ1n) is 2.73. The molecule has 2 rings (SSSR count). The Labute approximate surface area is 53.9 Å². The van der Waals surface area contributed by atoms with Crippen molar-refractivity contribution in [2.45, 2.75) is 0 Å². The second kappa shape index (κ2) is 2.35. The van der Waals surface area contributed by atoms with Crippen LogP contribution in [-0.4, -0.2) is 0 Å². The van der Waals surface area contributed by atoms with Crippen molar-refractivity contribution in [3.8, 4) is 0 Å². The molecule has 0 aliphatic carbocycles. The maximum absolute atomic E-state index is 5.08. The lowest BCUT2D eigenvalue weighted by Crippen LogP contribution is -1.43. The molecule has 0 atom stereocenters. The van der Waals surface area contributed by atoms with Gasteiger partial charge in [0, 0.05) is 0 Å². The summed E-state index contributed by atoms with van der Waals surface area (Å²) in [6.45, 7) is 6.00. The molecule has 2 aromatic heterocycles. The summed E-state index contributed by atoms with van der Waals surface area (Å²) in [6.07, 6.45) is 0. The molecule has 0 fully saturated rings. The topological polar surface area (TPSA) is 13.1 Å². The fraction of sp³-hybridized carbons (Fsp3) is 0. The average molecular weight is 120 g/mol. The molecule has 0 N–H and O–H groups in total. The smallest absolute Gasteiger partial charge is 0.127 e. The van der Waals surface area contributed by atoms with E-state index in [2.05, 4.69) is 13.2 Å². The van der Waals surface area contributed by atoms with Crippen molar-refractivity contribution in [1.29, 1.82) is 0 Å². The lowest BCUT2D eigenvalue weighted by atomic mass is 10.4. The Morgan fingerprint density at radius 3 is 1.33 bits per heavy atom. The van der Waals surface area contributed by atoms with Crippen molar-refractivity contribution in [2.75, 3.05) is 0 Å². The SMILES string of the molecule is C=C.c1cc2ccc1o2. The molecular formula is C8H8O. The Bertz CT molecular complexity index is 213. The number of benzene rings is 1. The van der Waals surface area contributed by atoms with Gasteiger partial charge in [0.15, 0.2) is 0 Å². The summed E-state index contributed by atoms with van der Waals surface area (Å²) >= 11 is 0. The van der Waals surface area contributed by atoms with E-state index in [9.17, 15) is 0 Å². The minimum Gasteiger partial charge on any atom is -0.457 e. The lowest BCUT2D eigenvalue weighted by Gasteiger charge is -1.60. The van der Waals surface area contributed by atoms with Gasteiger partial charge in [0.05, 0.1) is 0 Å². The zero-order chi connectivity index (χ0) is 6.69. The third kappa shape index (κ3) is 0.941. The Morgan fingerprint density at radius 2 is 1.22 bits per heavy atom.